The van der Waals surface area contributed by atoms with Crippen LogP contribution in [0.25, 0.3) is 0 Å². The fourth-order valence-corrected chi connectivity index (χ4v) is 2.75. The Hall–Kier alpha value is -2.53. The zero-order chi connectivity index (χ0) is 16.2. The molecule has 3 rings (SSSR count). The van der Waals surface area contributed by atoms with Crippen molar-refractivity contribution in [3.8, 4) is 11.5 Å². The molecule has 0 aliphatic carbocycles. The van der Waals surface area contributed by atoms with Crippen molar-refractivity contribution in [2.24, 2.45) is 5.73 Å². The van der Waals surface area contributed by atoms with Crippen LogP contribution in [0.15, 0.2) is 48.5 Å². The molecular weight excluding hydrogens is 294 g/mol. The molecule has 0 radical (unpaired) electrons. The van der Waals surface area contributed by atoms with Crippen LogP contribution >= 0.6 is 0 Å². The SMILES string of the molecule is NC(=O)C(O)[C@@H]1CCOc2cc(OCc3ccccc3)ccc21. The van der Waals surface area contributed by atoms with E-state index in [1.165, 1.54) is 0 Å². The summed E-state index contributed by atoms with van der Waals surface area (Å²) in [5, 5.41) is 9.96. The summed E-state index contributed by atoms with van der Waals surface area (Å²) in [5.74, 6) is 0.264. The number of carbonyl (C=O) groups is 1. The molecule has 5 heteroatoms. The summed E-state index contributed by atoms with van der Waals surface area (Å²) in [4.78, 5) is 11.2. The number of nitrogens with two attached hydrogens (primary N) is 1. The van der Waals surface area contributed by atoms with Crippen molar-refractivity contribution in [2.45, 2.75) is 25.0 Å². The fraction of sp³-hybridized carbons (Fsp3) is 0.278. The first kappa shape index (κ1) is 15.4. The van der Waals surface area contributed by atoms with Crippen molar-refractivity contribution in [1.29, 1.82) is 0 Å². The average molecular weight is 313 g/mol. The standard InChI is InChI=1S/C18H19NO4/c19-18(21)17(20)15-8-9-22-16-10-13(6-7-14(15)16)23-11-12-4-2-1-3-5-12/h1-7,10,15,17,20H,8-9,11H2,(H2,19,21)/t15-,17?/m1/s1. The molecule has 2 atom stereocenters. The molecule has 1 amide bonds. The summed E-state index contributed by atoms with van der Waals surface area (Å²) in [6.45, 7) is 0.900. The minimum Gasteiger partial charge on any atom is -0.493 e. The Morgan fingerprint density at radius 1 is 1.30 bits per heavy atom. The van der Waals surface area contributed by atoms with Crippen molar-refractivity contribution in [3.05, 3.63) is 59.7 Å². The largest absolute Gasteiger partial charge is 0.493 e. The van der Waals surface area contributed by atoms with Gasteiger partial charge in [0.25, 0.3) is 0 Å². The van der Waals surface area contributed by atoms with Gasteiger partial charge in [-0.05, 0) is 18.1 Å². The van der Waals surface area contributed by atoms with Crippen molar-refractivity contribution in [1.82, 2.24) is 0 Å². The number of benzene rings is 2. The fourth-order valence-electron chi connectivity index (χ4n) is 2.75. The normalized spacial score (nSPS) is 17.7. The van der Waals surface area contributed by atoms with Gasteiger partial charge in [-0.3, -0.25) is 4.79 Å². The molecule has 2 aromatic carbocycles. The molecule has 0 saturated carbocycles. The third-order valence-corrected chi connectivity index (χ3v) is 3.99. The van der Waals surface area contributed by atoms with E-state index in [4.69, 9.17) is 15.2 Å². The molecule has 1 unspecified atom stereocenters. The van der Waals surface area contributed by atoms with Crippen LogP contribution in [0.3, 0.4) is 0 Å². The van der Waals surface area contributed by atoms with Crippen LogP contribution in [0.5, 0.6) is 11.5 Å². The second-order valence-corrected chi connectivity index (χ2v) is 5.56. The van der Waals surface area contributed by atoms with Crippen LogP contribution in [0.1, 0.15) is 23.5 Å². The summed E-state index contributed by atoms with van der Waals surface area (Å²) in [7, 11) is 0. The molecule has 120 valence electrons. The summed E-state index contributed by atoms with van der Waals surface area (Å²) in [6, 6.07) is 15.3. The van der Waals surface area contributed by atoms with E-state index in [0.29, 0.717) is 31.1 Å². The minimum atomic E-state index is -1.20. The van der Waals surface area contributed by atoms with Crippen molar-refractivity contribution in [3.63, 3.8) is 0 Å². The van der Waals surface area contributed by atoms with Crippen molar-refractivity contribution in [2.75, 3.05) is 6.61 Å². The number of amides is 1. The zero-order valence-electron chi connectivity index (χ0n) is 12.6. The number of hydrogen-bond acceptors (Lipinski definition) is 4. The van der Waals surface area contributed by atoms with Crippen molar-refractivity contribution >= 4 is 5.91 Å². The van der Waals surface area contributed by atoms with Gasteiger partial charge < -0.3 is 20.3 Å². The van der Waals surface area contributed by atoms with Gasteiger partial charge in [-0.2, -0.15) is 0 Å². The van der Waals surface area contributed by atoms with E-state index in [0.717, 1.165) is 11.1 Å². The van der Waals surface area contributed by atoms with E-state index in [9.17, 15) is 9.90 Å². The Kier molecular flexibility index (Phi) is 4.48. The number of fused-ring (bicyclic) bond motifs is 1. The molecule has 0 spiro atoms. The Morgan fingerprint density at radius 3 is 2.83 bits per heavy atom. The first-order valence-corrected chi connectivity index (χ1v) is 7.56. The molecule has 1 aliphatic rings. The van der Waals surface area contributed by atoms with Gasteiger partial charge in [0.15, 0.2) is 0 Å². The molecule has 1 heterocycles. The molecule has 0 saturated heterocycles. The van der Waals surface area contributed by atoms with E-state index in [1.807, 2.05) is 42.5 Å². The second-order valence-electron chi connectivity index (χ2n) is 5.56. The summed E-state index contributed by atoms with van der Waals surface area (Å²) < 4.78 is 11.4. The predicted molar refractivity (Wildman–Crippen MR) is 85.3 cm³/mol. The average Bonchev–Trinajstić information content (AvgIpc) is 2.59. The molecule has 0 aromatic heterocycles. The Labute approximate surface area is 134 Å². The van der Waals surface area contributed by atoms with Crippen LogP contribution in [0.4, 0.5) is 0 Å². The third-order valence-electron chi connectivity index (χ3n) is 3.99. The maximum atomic E-state index is 11.2. The number of rotatable bonds is 5. The highest BCUT2D eigenvalue weighted by Crippen LogP contribution is 2.38. The summed E-state index contributed by atoms with van der Waals surface area (Å²) >= 11 is 0. The molecule has 1 aliphatic heterocycles. The predicted octanol–water partition coefficient (Wildman–Crippen LogP) is 1.98. The van der Waals surface area contributed by atoms with Gasteiger partial charge in [0.1, 0.15) is 24.2 Å². The van der Waals surface area contributed by atoms with Crippen LogP contribution < -0.4 is 15.2 Å². The van der Waals surface area contributed by atoms with E-state index in [1.54, 1.807) is 6.07 Å². The molecule has 23 heavy (non-hydrogen) atoms. The third kappa shape index (κ3) is 3.46. The number of ether oxygens (including phenoxy) is 2. The maximum absolute atomic E-state index is 11.2. The second kappa shape index (κ2) is 6.71. The highest BCUT2D eigenvalue weighted by molar-refractivity contribution is 5.80. The molecular formula is C18H19NO4. The Morgan fingerprint density at radius 2 is 2.09 bits per heavy atom. The smallest absolute Gasteiger partial charge is 0.246 e. The van der Waals surface area contributed by atoms with Gasteiger partial charge >= 0.3 is 0 Å². The number of carbonyl (C=O) groups excluding carboxylic acids is 1. The maximum Gasteiger partial charge on any atom is 0.246 e. The van der Waals surface area contributed by atoms with Crippen LogP contribution in [0.2, 0.25) is 0 Å². The summed E-state index contributed by atoms with van der Waals surface area (Å²) in [6.07, 6.45) is -0.643. The first-order valence-electron chi connectivity index (χ1n) is 7.56. The van der Waals surface area contributed by atoms with Crippen molar-refractivity contribution < 1.29 is 19.4 Å². The highest BCUT2D eigenvalue weighted by Gasteiger charge is 2.31. The monoisotopic (exact) mass is 313 g/mol. The molecule has 0 fully saturated rings. The lowest BCUT2D eigenvalue weighted by Gasteiger charge is -2.28. The van der Waals surface area contributed by atoms with E-state index < -0.39 is 12.0 Å². The van der Waals surface area contributed by atoms with Crippen LogP contribution in [-0.2, 0) is 11.4 Å². The number of hydrogen-bond donors (Lipinski definition) is 2. The van der Waals surface area contributed by atoms with Gasteiger partial charge in [-0.15, -0.1) is 0 Å². The minimum absolute atomic E-state index is 0.334. The summed E-state index contributed by atoms with van der Waals surface area (Å²) in [5.41, 5.74) is 7.08. The molecule has 0 bridgehead atoms. The van der Waals surface area contributed by atoms with Gasteiger partial charge in [0.2, 0.25) is 5.91 Å². The topological polar surface area (TPSA) is 81.8 Å². The van der Waals surface area contributed by atoms with Gasteiger partial charge in [0, 0.05) is 17.5 Å². The number of primary amides is 1. The lowest BCUT2D eigenvalue weighted by Crippen LogP contribution is -2.36. The Bertz CT molecular complexity index is 687. The molecule has 2 aromatic rings. The number of aliphatic hydroxyl groups is 1. The van der Waals surface area contributed by atoms with Gasteiger partial charge in [-0.25, -0.2) is 0 Å². The number of aliphatic hydroxyl groups excluding tert-OH is 1. The van der Waals surface area contributed by atoms with Gasteiger partial charge in [-0.1, -0.05) is 36.4 Å². The Balaban J connectivity index is 1.75. The van der Waals surface area contributed by atoms with E-state index in [-0.39, 0.29) is 5.92 Å². The van der Waals surface area contributed by atoms with E-state index >= 15 is 0 Å². The lowest BCUT2D eigenvalue weighted by atomic mass is 9.88. The van der Waals surface area contributed by atoms with Gasteiger partial charge in [0.05, 0.1) is 6.61 Å². The quantitative estimate of drug-likeness (QED) is 0.884. The van der Waals surface area contributed by atoms with E-state index in [2.05, 4.69) is 0 Å². The highest BCUT2D eigenvalue weighted by atomic mass is 16.5. The van der Waals surface area contributed by atoms with Crippen LogP contribution in [0, 0.1) is 0 Å². The molecule has 5 nitrogen and oxygen atoms in total. The zero-order valence-corrected chi connectivity index (χ0v) is 12.6. The first-order chi connectivity index (χ1) is 11.1. The lowest BCUT2D eigenvalue weighted by molar-refractivity contribution is -0.127. The van der Waals surface area contributed by atoms with Crippen LogP contribution in [-0.4, -0.2) is 23.7 Å². The molecule has 3 N–H and O–H groups in total.